The molecule has 2 aromatic heterocycles. The molecule has 0 N–H and O–H groups in total. The third-order valence-electron chi connectivity index (χ3n) is 2.79. The van der Waals surface area contributed by atoms with Crippen molar-refractivity contribution in [1.82, 2.24) is 9.97 Å². The van der Waals surface area contributed by atoms with Crippen LogP contribution in [0.5, 0.6) is 0 Å². The second kappa shape index (κ2) is 6.03. The Morgan fingerprint density at radius 3 is 2.30 bits per heavy atom. The maximum atomic E-state index is 4.20. The number of aromatic nitrogens is 2. The summed E-state index contributed by atoms with van der Waals surface area (Å²) in [5.41, 5.74) is 2.10. The number of thiazole rings is 1. The molecule has 4 aromatic rings. The summed E-state index contributed by atoms with van der Waals surface area (Å²) in [5, 5.41) is 1.20. The summed E-state index contributed by atoms with van der Waals surface area (Å²) in [6.07, 6.45) is 1.81. The van der Waals surface area contributed by atoms with Crippen LogP contribution in [0.25, 0.3) is 21.1 Å². The van der Waals surface area contributed by atoms with Gasteiger partial charge in [-0.2, -0.15) is 0 Å². The van der Waals surface area contributed by atoms with Crippen LogP contribution in [0.4, 0.5) is 0 Å². The van der Waals surface area contributed by atoms with Crippen LogP contribution in [0.2, 0.25) is 0 Å². The van der Waals surface area contributed by atoms with Crippen LogP contribution in [0.15, 0.2) is 71.2 Å². The molecule has 0 aliphatic carbocycles. The normalized spacial score (nSPS) is 10.2. The molecule has 0 saturated heterocycles. The van der Waals surface area contributed by atoms with E-state index in [2.05, 4.69) is 34.7 Å². The van der Waals surface area contributed by atoms with Gasteiger partial charge in [0.15, 0.2) is 0 Å². The molecule has 4 rings (SSSR count). The van der Waals surface area contributed by atoms with Crippen molar-refractivity contribution >= 4 is 45.1 Å². The van der Waals surface area contributed by atoms with Gasteiger partial charge in [0.2, 0.25) is 0 Å². The van der Waals surface area contributed by atoms with Crippen molar-refractivity contribution in [3.05, 3.63) is 66.9 Å². The molecule has 0 saturated carbocycles. The number of thiol groups is 1. The molecule has 2 heterocycles. The number of fused-ring (bicyclic) bond motifs is 2. The van der Waals surface area contributed by atoms with Crippen LogP contribution in [0.3, 0.4) is 0 Å². The number of rotatable bonds is 0. The largest absolute Gasteiger partial charge is 0.256 e. The van der Waals surface area contributed by atoms with E-state index in [1.54, 1.807) is 11.3 Å². The van der Waals surface area contributed by atoms with E-state index in [9.17, 15) is 0 Å². The third kappa shape index (κ3) is 2.98. The van der Waals surface area contributed by atoms with Crippen molar-refractivity contribution < 1.29 is 0 Å². The van der Waals surface area contributed by atoms with Crippen LogP contribution in [0, 0.1) is 0 Å². The first-order chi connectivity index (χ1) is 9.83. The second-order valence-electron chi connectivity index (χ2n) is 4.16. The summed E-state index contributed by atoms with van der Waals surface area (Å²) in [6.45, 7) is 0. The minimum atomic E-state index is 0.834. The molecular formula is C16H12N2S2. The molecule has 2 aromatic carbocycles. The van der Waals surface area contributed by atoms with E-state index >= 15 is 0 Å². The van der Waals surface area contributed by atoms with E-state index < -0.39 is 0 Å². The average Bonchev–Trinajstić information content (AvgIpc) is 2.88. The number of pyridine rings is 1. The molecule has 0 aliphatic heterocycles. The molecule has 0 radical (unpaired) electrons. The fourth-order valence-corrected chi connectivity index (χ4v) is 2.98. The third-order valence-corrected chi connectivity index (χ3v) is 4.01. The van der Waals surface area contributed by atoms with Crippen LogP contribution < -0.4 is 0 Å². The molecule has 4 heteroatoms. The molecule has 0 atom stereocenters. The summed E-state index contributed by atoms with van der Waals surface area (Å²) in [4.78, 5) is 8.38. The summed E-state index contributed by atoms with van der Waals surface area (Å²) in [5.74, 6) is 0. The zero-order valence-corrected chi connectivity index (χ0v) is 12.3. The molecule has 0 bridgehead atoms. The highest BCUT2D eigenvalue weighted by Crippen LogP contribution is 2.23. The first kappa shape index (κ1) is 13.1. The van der Waals surface area contributed by atoms with Gasteiger partial charge in [0.25, 0.3) is 0 Å². The van der Waals surface area contributed by atoms with Gasteiger partial charge in [0.1, 0.15) is 4.34 Å². The van der Waals surface area contributed by atoms with E-state index in [4.69, 9.17) is 0 Å². The predicted octanol–water partition coefficient (Wildman–Crippen LogP) is 4.82. The lowest BCUT2D eigenvalue weighted by atomic mass is 10.2. The van der Waals surface area contributed by atoms with Gasteiger partial charge in [0, 0.05) is 11.6 Å². The van der Waals surface area contributed by atoms with Gasteiger partial charge in [-0.3, -0.25) is 4.98 Å². The van der Waals surface area contributed by atoms with Gasteiger partial charge in [0.05, 0.1) is 15.7 Å². The first-order valence-corrected chi connectivity index (χ1v) is 7.43. The van der Waals surface area contributed by atoms with E-state index in [1.165, 1.54) is 10.1 Å². The quantitative estimate of drug-likeness (QED) is 0.471. The summed E-state index contributed by atoms with van der Waals surface area (Å²) in [6, 6.07) is 20.1. The fraction of sp³-hybridized carbons (Fsp3) is 0. The Morgan fingerprint density at radius 2 is 1.50 bits per heavy atom. The fourth-order valence-electron chi connectivity index (χ4n) is 1.88. The molecular weight excluding hydrogens is 284 g/mol. The Bertz CT molecular complexity index is 741. The average molecular weight is 296 g/mol. The van der Waals surface area contributed by atoms with Gasteiger partial charge >= 0.3 is 0 Å². The minimum Gasteiger partial charge on any atom is -0.256 e. The molecule has 0 spiro atoms. The predicted molar refractivity (Wildman–Crippen MR) is 88.6 cm³/mol. The Labute approximate surface area is 126 Å². The zero-order chi connectivity index (χ0) is 13.8. The SMILES string of the molecule is Sc1nc2ccccc2s1.c1ccc2ncccc2c1. The highest BCUT2D eigenvalue weighted by molar-refractivity contribution is 7.82. The van der Waals surface area contributed by atoms with Crippen molar-refractivity contribution in [2.45, 2.75) is 4.34 Å². The summed E-state index contributed by atoms with van der Waals surface area (Å²) < 4.78 is 2.04. The monoisotopic (exact) mass is 296 g/mol. The van der Waals surface area contributed by atoms with Crippen LogP contribution in [-0.2, 0) is 0 Å². The Kier molecular flexibility index (Phi) is 3.95. The van der Waals surface area contributed by atoms with Crippen LogP contribution in [-0.4, -0.2) is 9.97 Å². The van der Waals surface area contributed by atoms with Gasteiger partial charge < -0.3 is 0 Å². The number of hydrogen-bond acceptors (Lipinski definition) is 4. The summed E-state index contributed by atoms with van der Waals surface area (Å²) >= 11 is 5.76. The summed E-state index contributed by atoms with van der Waals surface area (Å²) in [7, 11) is 0. The Balaban J connectivity index is 0.000000121. The molecule has 0 aliphatic rings. The van der Waals surface area contributed by atoms with E-state index in [0.29, 0.717) is 0 Å². The van der Waals surface area contributed by atoms with Gasteiger partial charge in [-0.1, -0.05) is 36.4 Å². The number of hydrogen-bond donors (Lipinski definition) is 1. The van der Waals surface area contributed by atoms with Crippen LogP contribution in [0.1, 0.15) is 0 Å². The van der Waals surface area contributed by atoms with Crippen molar-refractivity contribution in [1.29, 1.82) is 0 Å². The number of nitrogens with zero attached hydrogens (tertiary/aromatic N) is 2. The zero-order valence-electron chi connectivity index (χ0n) is 10.6. The van der Waals surface area contributed by atoms with E-state index in [1.807, 2.05) is 54.7 Å². The first-order valence-electron chi connectivity index (χ1n) is 6.17. The minimum absolute atomic E-state index is 0.834. The molecule has 0 amide bonds. The van der Waals surface area contributed by atoms with Gasteiger partial charge in [-0.05, 0) is 24.3 Å². The topological polar surface area (TPSA) is 25.8 Å². The van der Waals surface area contributed by atoms with Crippen LogP contribution >= 0.6 is 24.0 Å². The lowest BCUT2D eigenvalue weighted by Crippen LogP contribution is -1.73. The maximum absolute atomic E-state index is 4.20. The van der Waals surface area contributed by atoms with E-state index in [0.717, 1.165) is 15.4 Å². The highest BCUT2D eigenvalue weighted by atomic mass is 32.2. The molecule has 98 valence electrons. The van der Waals surface area contributed by atoms with E-state index in [-0.39, 0.29) is 0 Å². The Hall–Kier alpha value is -1.91. The maximum Gasteiger partial charge on any atom is 0.148 e. The molecule has 0 fully saturated rings. The smallest absolute Gasteiger partial charge is 0.148 e. The van der Waals surface area contributed by atoms with Gasteiger partial charge in [-0.25, -0.2) is 4.98 Å². The lowest BCUT2D eigenvalue weighted by Gasteiger charge is -1.91. The molecule has 0 unspecified atom stereocenters. The van der Waals surface area contributed by atoms with Crippen molar-refractivity contribution in [3.63, 3.8) is 0 Å². The van der Waals surface area contributed by atoms with Gasteiger partial charge in [-0.15, -0.1) is 24.0 Å². The number of para-hydroxylation sites is 2. The highest BCUT2D eigenvalue weighted by Gasteiger charge is 1.96. The molecule has 2 nitrogen and oxygen atoms in total. The van der Waals surface area contributed by atoms with Crippen molar-refractivity contribution in [2.75, 3.05) is 0 Å². The Morgan fingerprint density at radius 1 is 0.800 bits per heavy atom. The molecule has 20 heavy (non-hydrogen) atoms. The second-order valence-corrected chi connectivity index (χ2v) is 5.92. The number of benzene rings is 2. The lowest BCUT2D eigenvalue weighted by molar-refractivity contribution is 1.31. The standard InChI is InChI=1S/C9H7N.C7H5NS2/c1-2-6-9-8(4-1)5-3-7-10-9;9-7-8-5-3-1-2-4-6(5)10-7/h1-7H;1-4H,(H,8,9). The van der Waals surface area contributed by atoms with Crippen molar-refractivity contribution in [3.8, 4) is 0 Å². The van der Waals surface area contributed by atoms with Crippen molar-refractivity contribution in [2.24, 2.45) is 0 Å².